The molecular weight excluding hydrogens is 227 g/mol. The first kappa shape index (κ1) is 12.4. The molecule has 1 unspecified atom stereocenters. The second kappa shape index (κ2) is 3.75. The fourth-order valence-electron chi connectivity index (χ4n) is 1.13. The highest BCUT2D eigenvalue weighted by Crippen LogP contribution is 2.36. The third-order valence-electron chi connectivity index (χ3n) is 1.97. The van der Waals surface area contributed by atoms with Crippen LogP contribution in [0.4, 0.5) is 17.6 Å². The Balaban J connectivity index is 3.30. The predicted octanol–water partition coefficient (Wildman–Crippen LogP) is 3.95. The van der Waals surface area contributed by atoms with Crippen molar-refractivity contribution in [2.45, 2.75) is 25.2 Å². The standard InChI is InChI=1S/C10H11F4P/c1-9(2,15)6-3-7(10(12,13)14)5-8(11)4-6/h3-5H,15H2,1-2H3. The molecule has 1 rings (SSSR count). The molecule has 0 aliphatic rings. The first-order valence-electron chi connectivity index (χ1n) is 4.28. The Morgan fingerprint density at radius 3 is 1.87 bits per heavy atom. The molecule has 0 amide bonds. The molecule has 0 aromatic heterocycles. The van der Waals surface area contributed by atoms with Gasteiger partial charge in [-0.05, 0) is 23.8 Å². The van der Waals surface area contributed by atoms with Crippen molar-refractivity contribution in [2.75, 3.05) is 0 Å². The Morgan fingerprint density at radius 1 is 1.00 bits per heavy atom. The summed E-state index contributed by atoms with van der Waals surface area (Å²) in [6.07, 6.45) is -4.51. The number of hydrogen-bond donors (Lipinski definition) is 0. The molecule has 1 atom stereocenters. The van der Waals surface area contributed by atoms with E-state index >= 15 is 0 Å². The molecule has 0 radical (unpaired) electrons. The Bertz CT molecular complexity index is 330. The Kier molecular flexibility index (Phi) is 3.11. The lowest BCUT2D eigenvalue weighted by Crippen LogP contribution is -2.12. The van der Waals surface area contributed by atoms with E-state index < -0.39 is 22.7 Å². The summed E-state index contributed by atoms with van der Waals surface area (Å²) in [4.78, 5) is 0. The summed E-state index contributed by atoms with van der Waals surface area (Å²) >= 11 is 0. The normalized spacial score (nSPS) is 13.0. The summed E-state index contributed by atoms with van der Waals surface area (Å²) in [5, 5.41) is -0.581. The molecule has 1 aromatic rings. The minimum atomic E-state index is -4.51. The fourth-order valence-corrected chi connectivity index (χ4v) is 1.29. The number of alkyl halides is 3. The van der Waals surface area contributed by atoms with E-state index in [9.17, 15) is 17.6 Å². The van der Waals surface area contributed by atoms with Gasteiger partial charge in [0.2, 0.25) is 0 Å². The maximum Gasteiger partial charge on any atom is 0.416 e. The van der Waals surface area contributed by atoms with Crippen molar-refractivity contribution >= 4 is 9.24 Å². The molecule has 0 bridgehead atoms. The number of benzene rings is 1. The predicted molar refractivity (Wildman–Crippen MR) is 54.1 cm³/mol. The average molecular weight is 238 g/mol. The third kappa shape index (κ3) is 3.16. The Hall–Kier alpha value is -0.630. The van der Waals surface area contributed by atoms with Crippen molar-refractivity contribution in [3.8, 4) is 0 Å². The highest BCUT2D eigenvalue weighted by molar-refractivity contribution is 7.18. The van der Waals surface area contributed by atoms with Gasteiger partial charge in [-0.2, -0.15) is 13.2 Å². The molecule has 5 heteroatoms. The second-order valence-corrected chi connectivity index (χ2v) is 5.39. The molecular formula is C10H11F4P. The van der Waals surface area contributed by atoms with E-state index in [1.807, 2.05) is 0 Å². The Labute approximate surface area is 87.9 Å². The quantitative estimate of drug-likeness (QED) is 0.513. The lowest BCUT2D eigenvalue weighted by atomic mass is 9.99. The van der Waals surface area contributed by atoms with Crippen molar-refractivity contribution in [1.82, 2.24) is 0 Å². The van der Waals surface area contributed by atoms with E-state index in [0.717, 1.165) is 12.1 Å². The molecule has 84 valence electrons. The lowest BCUT2D eigenvalue weighted by Gasteiger charge is -2.20. The summed E-state index contributed by atoms with van der Waals surface area (Å²) in [7, 11) is 2.38. The molecule has 0 fully saturated rings. The molecule has 0 heterocycles. The molecule has 0 aliphatic heterocycles. The molecule has 0 saturated carbocycles. The zero-order valence-corrected chi connectivity index (χ0v) is 9.48. The first-order valence-corrected chi connectivity index (χ1v) is 4.85. The summed E-state index contributed by atoms with van der Waals surface area (Å²) in [6, 6.07) is 2.58. The van der Waals surface area contributed by atoms with Gasteiger partial charge in [-0.15, -0.1) is 9.24 Å². The van der Waals surface area contributed by atoms with Crippen LogP contribution in [0.1, 0.15) is 25.0 Å². The number of rotatable bonds is 1. The van der Waals surface area contributed by atoms with E-state index in [4.69, 9.17) is 0 Å². The van der Waals surface area contributed by atoms with Gasteiger partial charge in [0.15, 0.2) is 0 Å². The van der Waals surface area contributed by atoms with Crippen LogP contribution >= 0.6 is 9.24 Å². The molecule has 0 saturated heterocycles. The number of hydrogen-bond acceptors (Lipinski definition) is 0. The van der Waals surface area contributed by atoms with Gasteiger partial charge in [-0.25, -0.2) is 4.39 Å². The van der Waals surface area contributed by atoms with Crippen LogP contribution in [0, 0.1) is 5.82 Å². The molecule has 0 N–H and O–H groups in total. The molecule has 0 spiro atoms. The average Bonchev–Trinajstić information content (AvgIpc) is 1.99. The van der Waals surface area contributed by atoms with Crippen molar-refractivity contribution in [1.29, 1.82) is 0 Å². The van der Waals surface area contributed by atoms with Gasteiger partial charge >= 0.3 is 6.18 Å². The summed E-state index contributed by atoms with van der Waals surface area (Å²) in [5.74, 6) is -0.865. The van der Waals surface area contributed by atoms with Gasteiger partial charge in [0.05, 0.1) is 5.56 Å². The van der Waals surface area contributed by atoms with Crippen LogP contribution < -0.4 is 0 Å². The van der Waals surface area contributed by atoms with Gasteiger partial charge in [0.25, 0.3) is 0 Å². The van der Waals surface area contributed by atoms with Gasteiger partial charge in [-0.1, -0.05) is 13.8 Å². The summed E-state index contributed by atoms with van der Waals surface area (Å²) in [6.45, 7) is 3.40. The van der Waals surface area contributed by atoms with Crippen LogP contribution in [-0.4, -0.2) is 0 Å². The van der Waals surface area contributed by atoms with E-state index in [1.165, 1.54) is 0 Å². The molecule has 0 aliphatic carbocycles. The summed E-state index contributed by atoms with van der Waals surface area (Å²) in [5.41, 5.74) is -0.646. The minimum Gasteiger partial charge on any atom is -0.207 e. The second-order valence-electron chi connectivity index (χ2n) is 3.95. The van der Waals surface area contributed by atoms with Crippen LogP contribution in [-0.2, 0) is 11.3 Å². The lowest BCUT2D eigenvalue weighted by molar-refractivity contribution is -0.137. The smallest absolute Gasteiger partial charge is 0.207 e. The Morgan fingerprint density at radius 2 is 1.47 bits per heavy atom. The van der Waals surface area contributed by atoms with Crippen molar-refractivity contribution in [2.24, 2.45) is 0 Å². The fraction of sp³-hybridized carbons (Fsp3) is 0.400. The minimum absolute atomic E-state index is 0.305. The van der Waals surface area contributed by atoms with E-state index in [2.05, 4.69) is 9.24 Å². The van der Waals surface area contributed by atoms with Crippen molar-refractivity contribution in [3.63, 3.8) is 0 Å². The highest BCUT2D eigenvalue weighted by atomic mass is 31.0. The molecule has 0 nitrogen and oxygen atoms in total. The van der Waals surface area contributed by atoms with E-state index in [1.54, 1.807) is 13.8 Å². The van der Waals surface area contributed by atoms with Crippen LogP contribution in [0.15, 0.2) is 18.2 Å². The number of halogens is 4. The van der Waals surface area contributed by atoms with Crippen LogP contribution in [0.2, 0.25) is 0 Å². The molecule has 15 heavy (non-hydrogen) atoms. The van der Waals surface area contributed by atoms with Gasteiger partial charge in [0, 0.05) is 5.16 Å². The van der Waals surface area contributed by atoms with Gasteiger partial charge in [0.1, 0.15) is 5.82 Å². The largest absolute Gasteiger partial charge is 0.416 e. The van der Waals surface area contributed by atoms with Crippen molar-refractivity contribution < 1.29 is 17.6 Å². The maximum atomic E-state index is 13.0. The van der Waals surface area contributed by atoms with Gasteiger partial charge in [-0.3, -0.25) is 0 Å². The summed E-state index contributed by atoms with van der Waals surface area (Å²) < 4.78 is 50.1. The van der Waals surface area contributed by atoms with Crippen LogP contribution in [0.25, 0.3) is 0 Å². The van der Waals surface area contributed by atoms with E-state index in [-0.39, 0.29) is 0 Å². The maximum absolute atomic E-state index is 13.0. The van der Waals surface area contributed by atoms with E-state index in [0.29, 0.717) is 11.6 Å². The van der Waals surface area contributed by atoms with Crippen LogP contribution in [0.3, 0.4) is 0 Å². The first-order chi connectivity index (χ1) is 6.60. The van der Waals surface area contributed by atoms with Crippen molar-refractivity contribution in [3.05, 3.63) is 35.1 Å². The monoisotopic (exact) mass is 238 g/mol. The zero-order valence-electron chi connectivity index (χ0n) is 8.32. The topological polar surface area (TPSA) is 0 Å². The highest BCUT2D eigenvalue weighted by Gasteiger charge is 2.32. The van der Waals surface area contributed by atoms with Gasteiger partial charge < -0.3 is 0 Å². The molecule has 1 aromatic carbocycles. The van der Waals surface area contributed by atoms with Crippen LogP contribution in [0.5, 0.6) is 0 Å². The SMILES string of the molecule is CC(C)(P)c1cc(F)cc(C(F)(F)F)c1. The zero-order chi connectivity index (χ0) is 11.9. The third-order valence-corrected chi connectivity index (χ3v) is 2.30.